The molecule has 2 aromatic rings. The van der Waals surface area contributed by atoms with E-state index in [4.69, 9.17) is 16.7 Å². The van der Waals surface area contributed by atoms with E-state index in [2.05, 4.69) is 10.3 Å². The lowest BCUT2D eigenvalue weighted by Gasteiger charge is -2.13. The molecule has 1 aromatic heterocycles. The van der Waals surface area contributed by atoms with E-state index in [9.17, 15) is 4.79 Å². The topological polar surface area (TPSA) is 62.2 Å². The Balaban J connectivity index is 2.08. The lowest BCUT2D eigenvalue weighted by molar-refractivity contribution is 0.0702. The number of aromatic carboxylic acids is 1. The van der Waals surface area contributed by atoms with Gasteiger partial charge in [0.1, 0.15) is 4.88 Å². The molecule has 0 saturated carbocycles. The van der Waals surface area contributed by atoms with Crippen molar-refractivity contribution in [2.24, 2.45) is 0 Å². The zero-order valence-electron chi connectivity index (χ0n) is 9.55. The first-order chi connectivity index (χ1) is 8.56. The fourth-order valence-corrected chi connectivity index (χ4v) is 2.33. The first-order valence-electron chi connectivity index (χ1n) is 5.27. The van der Waals surface area contributed by atoms with Crippen molar-refractivity contribution in [2.45, 2.75) is 13.0 Å². The second-order valence-corrected chi connectivity index (χ2v) is 5.22. The van der Waals surface area contributed by atoms with Gasteiger partial charge in [-0.2, -0.15) is 0 Å². The van der Waals surface area contributed by atoms with Gasteiger partial charge in [-0.1, -0.05) is 35.1 Å². The van der Waals surface area contributed by atoms with Gasteiger partial charge in [0.25, 0.3) is 0 Å². The van der Waals surface area contributed by atoms with Gasteiger partial charge in [-0.25, -0.2) is 9.78 Å². The highest BCUT2D eigenvalue weighted by Crippen LogP contribution is 2.24. The Kier molecular flexibility index (Phi) is 3.84. The number of carboxylic acids is 1. The van der Waals surface area contributed by atoms with Gasteiger partial charge in [0.05, 0.1) is 12.2 Å². The van der Waals surface area contributed by atoms with Crippen LogP contribution in [0.15, 0.2) is 30.5 Å². The molecular weight excluding hydrogens is 272 g/mol. The maximum absolute atomic E-state index is 10.7. The number of nitrogens with zero attached hydrogens (tertiary/aromatic N) is 1. The predicted molar refractivity (Wildman–Crippen MR) is 72.6 cm³/mol. The number of carboxylic acid groups (broad SMARTS) is 1. The largest absolute Gasteiger partial charge is 0.477 e. The van der Waals surface area contributed by atoms with E-state index < -0.39 is 5.97 Å². The minimum atomic E-state index is -0.959. The van der Waals surface area contributed by atoms with E-state index in [0.717, 1.165) is 16.9 Å². The molecule has 0 saturated heterocycles. The van der Waals surface area contributed by atoms with Crippen LogP contribution in [0.5, 0.6) is 0 Å². The standard InChI is InChI=1S/C12H11ClN2O2S/c1-7(8-2-4-9(13)5-3-8)15-12-14-6-10(18-12)11(16)17/h2-7H,1H3,(H,14,15)(H,16,17). The minimum Gasteiger partial charge on any atom is -0.477 e. The van der Waals surface area contributed by atoms with Crippen LogP contribution in [-0.4, -0.2) is 16.1 Å². The van der Waals surface area contributed by atoms with Crippen molar-refractivity contribution >= 4 is 34.0 Å². The second-order valence-electron chi connectivity index (χ2n) is 3.75. The summed E-state index contributed by atoms with van der Waals surface area (Å²) in [5, 5.41) is 13.2. The Hall–Kier alpha value is -1.59. The molecular formula is C12H11ClN2O2S. The molecule has 0 fully saturated rings. The summed E-state index contributed by atoms with van der Waals surface area (Å²) in [6.45, 7) is 1.98. The molecule has 0 amide bonds. The van der Waals surface area contributed by atoms with E-state index in [-0.39, 0.29) is 10.9 Å². The van der Waals surface area contributed by atoms with Gasteiger partial charge in [-0.05, 0) is 24.6 Å². The number of halogens is 1. The highest BCUT2D eigenvalue weighted by atomic mass is 35.5. The molecule has 18 heavy (non-hydrogen) atoms. The van der Waals surface area contributed by atoms with Crippen LogP contribution in [-0.2, 0) is 0 Å². The molecule has 0 aliphatic heterocycles. The van der Waals surface area contributed by atoms with Crippen LogP contribution in [0, 0.1) is 0 Å². The molecule has 4 nitrogen and oxygen atoms in total. The quantitative estimate of drug-likeness (QED) is 0.898. The number of nitrogens with one attached hydrogen (secondary N) is 1. The molecule has 1 heterocycles. The lowest BCUT2D eigenvalue weighted by atomic mass is 10.1. The molecule has 0 spiro atoms. The van der Waals surface area contributed by atoms with Crippen molar-refractivity contribution in [3.8, 4) is 0 Å². The van der Waals surface area contributed by atoms with Gasteiger partial charge < -0.3 is 10.4 Å². The summed E-state index contributed by atoms with van der Waals surface area (Å²) in [7, 11) is 0. The van der Waals surface area contributed by atoms with Gasteiger partial charge in [0.15, 0.2) is 5.13 Å². The average molecular weight is 283 g/mol. The molecule has 0 aliphatic carbocycles. The Labute approximate surface area is 113 Å². The molecule has 2 rings (SSSR count). The summed E-state index contributed by atoms with van der Waals surface area (Å²) in [6.07, 6.45) is 1.35. The molecule has 2 N–H and O–H groups in total. The van der Waals surface area contributed by atoms with E-state index in [1.807, 2.05) is 31.2 Å². The van der Waals surface area contributed by atoms with Crippen LogP contribution in [0.4, 0.5) is 5.13 Å². The Morgan fingerprint density at radius 1 is 1.44 bits per heavy atom. The molecule has 1 aromatic carbocycles. The maximum atomic E-state index is 10.7. The Morgan fingerprint density at radius 3 is 2.67 bits per heavy atom. The van der Waals surface area contributed by atoms with Crippen molar-refractivity contribution < 1.29 is 9.90 Å². The normalized spacial score (nSPS) is 12.1. The summed E-state index contributed by atoms with van der Waals surface area (Å²) in [5.74, 6) is -0.959. The van der Waals surface area contributed by atoms with Crippen molar-refractivity contribution in [1.29, 1.82) is 0 Å². The number of benzene rings is 1. The van der Waals surface area contributed by atoms with Crippen molar-refractivity contribution in [3.63, 3.8) is 0 Å². The van der Waals surface area contributed by atoms with Crippen LogP contribution >= 0.6 is 22.9 Å². The highest BCUT2D eigenvalue weighted by molar-refractivity contribution is 7.17. The summed E-state index contributed by atoms with van der Waals surface area (Å²) in [5.41, 5.74) is 1.06. The first-order valence-corrected chi connectivity index (χ1v) is 6.47. The first kappa shape index (κ1) is 12.9. The molecule has 1 unspecified atom stereocenters. The lowest BCUT2D eigenvalue weighted by Crippen LogP contribution is -2.05. The summed E-state index contributed by atoms with van der Waals surface area (Å²) in [6, 6.07) is 7.52. The maximum Gasteiger partial charge on any atom is 0.347 e. The summed E-state index contributed by atoms with van der Waals surface area (Å²) >= 11 is 6.94. The van der Waals surface area contributed by atoms with Gasteiger partial charge in [0.2, 0.25) is 0 Å². The minimum absolute atomic E-state index is 0.0371. The smallest absolute Gasteiger partial charge is 0.347 e. The van der Waals surface area contributed by atoms with Crippen molar-refractivity contribution in [2.75, 3.05) is 5.32 Å². The number of thiazole rings is 1. The molecule has 1 atom stereocenters. The van der Waals surface area contributed by atoms with Crippen LogP contribution in [0.1, 0.15) is 28.2 Å². The number of hydrogen-bond donors (Lipinski definition) is 2. The third-order valence-corrected chi connectivity index (χ3v) is 3.59. The number of rotatable bonds is 4. The number of aromatic nitrogens is 1. The predicted octanol–water partition coefficient (Wildman–Crippen LogP) is 3.67. The zero-order valence-corrected chi connectivity index (χ0v) is 11.1. The van der Waals surface area contributed by atoms with E-state index in [0.29, 0.717) is 10.2 Å². The fourth-order valence-electron chi connectivity index (χ4n) is 1.46. The van der Waals surface area contributed by atoms with Gasteiger partial charge in [-0.15, -0.1) is 0 Å². The van der Waals surface area contributed by atoms with Gasteiger partial charge in [-0.3, -0.25) is 0 Å². The van der Waals surface area contributed by atoms with Crippen LogP contribution in [0.3, 0.4) is 0 Å². The zero-order chi connectivity index (χ0) is 13.1. The summed E-state index contributed by atoms with van der Waals surface area (Å²) < 4.78 is 0. The Morgan fingerprint density at radius 2 is 2.11 bits per heavy atom. The van der Waals surface area contributed by atoms with Crippen LogP contribution < -0.4 is 5.32 Å². The molecule has 0 radical (unpaired) electrons. The molecule has 0 bridgehead atoms. The third kappa shape index (κ3) is 3.00. The SMILES string of the molecule is CC(Nc1ncc(C(=O)O)s1)c1ccc(Cl)cc1. The number of anilines is 1. The van der Waals surface area contributed by atoms with E-state index in [1.54, 1.807) is 0 Å². The van der Waals surface area contributed by atoms with Crippen molar-refractivity contribution in [1.82, 2.24) is 4.98 Å². The third-order valence-electron chi connectivity index (χ3n) is 2.43. The van der Waals surface area contributed by atoms with Crippen LogP contribution in [0.2, 0.25) is 5.02 Å². The van der Waals surface area contributed by atoms with Crippen LogP contribution in [0.25, 0.3) is 0 Å². The monoisotopic (exact) mass is 282 g/mol. The summed E-state index contributed by atoms with van der Waals surface area (Å²) in [4.78, 5) is 15.0. The molecule has 94 valence electrons. The second kappa shape index (κ2) is 5.37. The number of carbonyl (C=O) groups is 1. The van der Waals surface area contributed by atoms with Gasteiger partial charge >= 0.3 is 5.97 Å². The van der Waals surface area contributed by atoms with Crippen molar-refractivity contribution in [3.05, 3.63) is 45.9 Å². The Bertz CT molecular complexity index is 553. The molecule has 6 heteroatoms. The average Bonchev–Trinajstić information content (AvgIpc) is 2.78. The molecule has 0 aliphatic rings. The number of hydrogen-bond acceptors (Lipinski definition) is 4. The fraction of sp³-hybridized carbons (Fsp3) is 0.167. The van der Waals surface area contributed by atoms with E-state index >= 15 is 0 Å². The van der Waals surface area contributed by atoms with E-state index in [1.165, 1.54) is 6.20 Å². The van der Waals surface area contributed by atoms with Gasteiger partial charge in [0, 0.05) is 5.02 Å². The highest BCUT2D eigenvalue weighted by Gasteiger charge is 2.11.